The molecule has 0 aliphatic rings. The van der Waals surface area contributed by atoms with Gasteiger partial charge in [-0.15, -0.1) is 0 Å². The summed E-state index contributed by atoms with van der Waals surface area (Å²) in [6, 6.07) is 13.2. The van der Waals surface area contributed by atoms with Crippen molar-refractivity contribution in [1.29, 1.82) is 0 Å². The molecule has 3 amide bonds. The highest BCUT2D eigenvalue weighted by molar-refractivity contribution is 6.03. The van der Waals surface area contributed by atoms with Crippen molar-refractivity contribution in [3.63, 3.8) is 0 Å². The highest BCUT2D eigenvalue weighted by atomic mass is 16.5. The fourth-order valence-electron chi connectivity index (χ4n) is 2.17. The Kier molecular flexibility index (Phi) is 5.51. The molecule has 7 heteroatoms. The highest BCUT2D eigenvalue weighted by Crippen LogP contribution is 2.20. The molecule has 2 aromatic carbocycles. The molecule has 0 heterocycles. The second-order valence-electron chi connectivity index (χ2n) is 4.88. The van der Waals surface area contributed by atoms with E-state index in [0.717, 1.165) is 0 Å². The van der Waals surface area contributed by atoms with Crippen molar-refractivity contribution in [1.82, 2.24) is 5.32 Å². The van der Waals surface area contributed by atoms with Crippen molar-refractivity contribution in [2.45, 2.75) is 6.04 Å². The number of carbonyl (C=O) groups excluding carboxylic acids is 3. The Morgan fingerprint density at radius 2 is 1.62 bits per heavy atom. The van der Waals surface area contributed by atoms with Crippen molar-refractivity contribution in [2.24, 2.45) is 5.73 Å². The number of urea groups is 1. The molecule has 24 heavy (non-hydrogen) atoms. The minimum atomic E-state index is -0.991. The van der Waals surface area contributed by atoms with E-state index in [1.807, 2.05) is 0 Å². The first-order valence-corrected chi connectivity index (χ1v) is 7.12. The first kappa shape index (κ1) is 17.0. The zero-order chi connectivity index (χ0) is 17.5. The Balaban J connectivity index is 2.29. The molecule has 124 valence electrons. The minimum absolute atomic E-state index is 0.208. The number of benzene rings is 2. The summed E-state index contributed by atoms with van der Waals surface area (Å²) in [4.78, 5) is 35.6. The lowest BCUT2D eigenvalue weighted by Gasteiger charge is -2.18. The van der Waals surface area contributed by atoms with Crippen LogP contribution >= 0.6 is 0 Å². The summed E-state index contributed by atoms with van der Waals surface area (Å²) in [5, 5.41) is 5.01. The lowest BCUT2D eigenvalue weighted by molar-refractivity contribution is -0.118. The Morgan fingerprint density at radius 3 is 2.25 bits per heavy atom. The monoisotopic (exact) mass is 327 g/mol. The van der Waals surface area contributed by atoms with E-state index in [1.165, 1.54) is 13.2 Å². The van der Waals surface area contributed by atoms with Crippen molar-refractivity contribution in [3.8, 4) is 0 Å². The standard InChI is InChI=1S/C17H17N3O4/c1-24-16(22)12-9-5-6-10-13(12)19-15(21)14(20-17(18)23)11-7-3-2-4-8-11/h2-10,14H,1H3,(H,19,21)(H3,18,20,23). The fourth-order valence-corrected chi connectivity index (χ4v) is 2.17. The van der Waals surface area contributed by atoms with Crippen LogP contribution < -0.4 is 16.4 Å². The topological polar surface area (TPSA) is 111 Å². The summed E-state index contributed by atoms with van der Waals surface area (Å²) in [5.41, 5.74) is 6.20. The van der Waals surface area contributed by atoms with E-state index in [4.69, 9.17) is 5.73 Å². The fraction of sp³-hybridized carbons (Fsp3) is 0.118. The third-order valence-corrected chi connectivity index (χ3v) is 3.27. The van der Waals surface area contributed by atoms with Gasteiger partial charge >= 0.3 is 12.0 Å². The average molecular weight is 327 g/mol. The van der Waals surface area contributed by atoms with Gasteiger partial charge in [0.15, 0.2) is 0 Å². The largest absolute Gasteiger partial charge is 0.465 e. The van der Waals surface area contributed by atoms with E-state index in [0.29, 0.717) is 5.56 Å². The maximum atomic E-state index is 12.6. The molecule has 2 rings (SSSR count). The molecule has 0 fully saturated rings. The lowest BCUT2D eigenvalue weighted by atomic mass is 10.1. The average Bonchev–Trinajstić information content (AvgIpc) is 2.60. The maximum Gasteiger partial charge on any atom is 0.339 e. The number of nitrogens with one attached hydrogen (secondary N) is 2. The quantitative estimate of drug-likeness (QED) is 0.727. The molecule has 0 radical (unpaired) electrons. The smallest absolute Gasteiger partial charge is 0.339 e. The summed E-state index contributed by atoms with van der Waals surface area (Å²) < 4.78 is 4.69. The van der Waals surface area contributed by atoms with Crippen molar-refractivity contribution in [2.75, 3.05) is 12.4 Å². The number of nitrogens with two attached hydrogens (primary N) is 1. The summed E-state index contributed by atoms with van der Waals surface area (Å²) in [7, 11) is 1.25. The Labute approximate surface area is 138 Å². The van der Waals surface area contributed by atoms with Gasteiger partial charge in [0.2, 0.25) is 0 Å². The van der Waals surface area contributed by atoms with Crippen molar-refractivity contribution >= 4 is 23.6 Å². The van der Waals surface area contributed by atoms with Gasteiger partial charge in [0.25, 0.3) is 5.91 Å². The van der Waals surface area contributed by atoms with E-state index in [2.05, 4.69) is 15.4 Å². The van der Waals surface area contributed by atoms with E-state index < -0.39 is 23.9 Å². The summed E-state index contributed by atoms with van der Waals surface area (Å²) in [6.07, 6.45) is 0. The van der Waals surface area contributed by atoms with E-state index >= 15 is 0 Å². The Morgan fingerprint density at radius 1 is 1.00 bits per heavy atom. The van der Waals surface area contributed by atoms with Crippen molar-refractivity contribution in [3.05, 3.63) is 65.7 Å². The predicted molar refractivity (Wildman–Crippen MR) is 88.3 cm³/mol. The molecule has 0 saturated carbocycles. The normalized spacial score (nSPS) is 11.2. The molecule has 0 saturated heterocycles. The number of hydrogen-bond acceptors (Lipinski definition) is 4. The van der Waals surface area contributed by atoms with Gasteiger partial charge in [-0.05, 0) is 17.7 Å². The van der Waals surface area contributed by atoms with Gasteiger partial charge in [0.05, 0.1) is 18.4 Å². The number of ether oxygens (including phenoxy) is 1. The van der Waals surface area contributed by atoms with E-state index in [-0.39, 0.29) is 11.3 Å². The molecular formula is C17H17N3O4. The predicted octanol–water partition coefficient (Wildman–Crippen LogP) is 1.82. The molecule has 0 aliphatic carbocycles. The highest BCUT2D eigenvalue weighted by Gasteiger charge is 2.23. The van der Waals surface area contributed by atoms with Gasteiger partial charge in [-0.2, -0.15) is 0 Å². The second-order valence-corrected chi connectivity index (χ2v) is 4.88. The van der Waals surface area contributed by atoms with Crippen LogP contribution in [0.3, 0.4) is 0 Å². The summed E-state index contributed by atoms with van der Waals surface area (Å²) in [5.74, 6) is -1.11. The number of esters is 1. The second kappa shape index (κ2) is 7.77. The molecule has 4 N–H and O–H groups in total. The zero-order valence-electron chi connectivity index (χ0n) is 13.0. The molecular weight excluding hydrogens is 310 g/mol. The number of carbonyl (C=O) groups is 3. The third-order valence-electron chi connectivity index (χ3n) is 3.27. The number of anilines is 1. The zero-order valence-corrected chi connectivity index (χ0v) is 13.0. The first-order valence-electron chi connectivity index (χ1n) is 7.12. The third kappa shape index (κ3) is 4.10. The van der Waals surface area contributed by atoms with E-state index in [1.54, 1.807) is 48.5 Å². The van der Waals surface area contributed by atoms with Crippen molar-refractivity contribution < 1.29 is 19.1 Å². The summed E-state index contributed by atoms with van der Waals surface area (Å²) >= 11 is 0. The molecule has 2 aromatic rings. The van der Waals surface area contributed by atoms with Gasteiger partial charge in [-0.25, -0.2) is 9.59 Å². The van der Waals surface area contributed by atoms with Crippen LogP contribution in [-0.2, 0) is 9.53 Å². The van der Waals surface area contributed by atoms with Gasteiger partial charge in [0.1, 0.15) is 6.04 Å². The molecule has 1 atom stereocenters. The Hall–Kier alpha value is -3.35. The lowest BCUT2D eigenvalue weighted by Crippen LogP contribution is -2.40. The SMILES string of the molecule is COC(=O)c1ccccc1NC(=O)C(NC(N)=O)c1ccccc1. The number of primary amides is 1. The molecule has 0 aliphatic heterocycles. The number of para-hydroxylation sites is 1. The van der Waals surface area contributed by atoms with Gasteiger partial charge in [-0.1, -0.05) is 42.5 Å². The van der Waals surface area contributed by atoms with E-state index in [9.17, 15) is 14.4 Å². The van der Waals surface area contributed by atoms with Crippen LogP contribution in [0.2, 0.25) is 0 Å². The van der Waals surface area contributed by atoms with Crippen LogP contribution in [-0.4, -0.2) is 25.0 Å². The van der Waals surface area contributed by atoms with Gasteiger partial charge < -0.3 is 21.1 Å². The van der Waals surface area contributed by atoms with Crippen LogP contribution in [0.15, 0.2) is 54.6 Å². The molecule has 7 nitrogen and oxygen atoms in total. The summed E-state index contributed by atoms with van der Waals surface area (Å²) in [6.45, 7) is 0. The van der Waals surface area contributed by atoms with Gasteiger partial charge in [-0.3, -0.25) is 4.79 Å². The molecule has 0 bridgehead atoms. The molecule has 1 unspecified atom stereocenters. The first-order chi connectivity index (χ1) is 11.5. The number of methoxy groups -OCH3 is 1. The number of hydrogen-bond donors (Lipinski definition) is 3. The number of rotatable bonds is 5. The molecule has 0 spiro atoms. The Bertz CT molecular complexity index is 747. The van der Waals surface area contributed by atoms with Crippen LogP contribution in [0.25, 0.3) is 0 Å². The molecule has 0 aromatic heterocycles. The van der Waals surface area contributed by atoms with Crippen LogP contribution in [0.5, 0.6) is 0 Å². The van der Waals surface area contributed by atoms with Crippen LogP contribution in [0, 0.1) is 0 Å². The number of amides is 3. The minimum Gasteiger partial charge on any atom is -0.465 e. The maximum absolute atomic E-state index is 12.6. The van der Waals surface area contributed by atoms with Crippen LogP contribution in [0.4, 0.5) is 10.5 Å². The van der Waals surface area contributed by atoms with Gasteiger partial charge in [0, 0.05) is 0 Å². The van der Waals surface area contributed by atoms with Crippen LogP contribution in [0.1, 0.15) is 22.0 Å².